The summed E-state index contributed by atoms with van der Waals surface area (Å²) in [5, 5.41) is 3.24. The first-order chi connectivity index (χ1) is 11.3. The third-order valence-corrected chi connectivity index (χ3v) is 5.49. The van der Waals surface area contributed by atoms with Crippen molar-refractivity contribution in [1.82, 2.24) is 15.1 Å². The van der Waals surface area contributed by atoms with Gasteiger partial charge < -0.3 is 5.32 Å². The van der Waals surface area contributed by atoms with Crippen molar-refractivity contribution in [2.75, 3.05) is 26.2 Å². The lowest BCUT2D eigenvalue weighted by Crippen LogP contribution is -2.45. The maximum Gasteiger partial charge on any atom is 0.242 e. The van der Waals surface area contributed by atoms with E-state index < -0.39 is 0 Å². The van der Waals surface area contributed by atoms with E-state index in [1.165, 1.54) is 25.9 Å². The Kier molecular flexibility index (Phi) is 4.36. The molecule has 0 spiro atoms. The summed E-state index contributed by atoms with van der Waals surface area (Å²) in [4.78, 5) is 18.0. The Morgan fingerprint density at radius 2 is 1.83 bits per heavy atom. The standard InChI is InChI=1S/C19H27N3O/c23-19(20-16-9-10-16)18(15-6-2-1-3-7-15)22-13-5-12-21-11-4-8-17(21)14-22/h1-3,6-7,16-18H,4-5,8-14H2,(H,20,23). The van der Waals surface area contributed by atoms with E-state index >= 15 is 0 Å². The second kappa shape index (κ2) is 6.62. The van der Waals surface area contributed by atoms with E-state index in [9.17, 15) is 4.79 Å². The minimum atomic E-state index is -0.127. The third kappa shape index (κ3) is 3.43. The third-order valence-electron chi connectivity index (χ3n) is 5.49. The fourth-order valence-electron chi connectivity index (χ4n) is 4.14. The molecule has 1 aliphatic carbocycles. The van der Waals surface area contributed by atoms with Crippen LogP contribution in [0.4, 0.5) is 0 Å². The molecule has 23 heavy (non-hydrogen) atoms. The molecule has 3 fully saturated rings. The molecule has 2 aliphatic heterocycles. The second-order valence-corrected chi connectivity index (χ2v) is 7.28. The number of hydrogen-bond donors (Lipinski definition) is 1. The van der Waals surface area contributed by atoms with Crippen LogP contribution in [0.1, 0.15) is 43.7 Å². The highest BCUT2D eigenvalue weighted by atomic mass is 16.2. The lowest BCUT2D eigenvalue weighted by Gasteiger charge is -2.32. The van der Waals surface area contributed by atoms with Crippen LogP contribution in [0.25, 0.3) is 0 Å². The molecule has 3 aliphatic rings. The van der Waals surface area contributed by atoms with Crippen molar-refractivity contribution >= 4 is 5.91 Å². The molecule has 1 saturated carbocycles. The summed E-state index contributed by atoms with van der Waals surface area (Å²) in [6, 6.07) is 11.3. The van der Waals surface area contributed by atoms with Crippen LogP contribution in [0.5, 0.6) is 0 Å². The van der Waals surface area contributed by atoms with Crippen LogP contribution in [0, 0.1) is 0 Å². The largest absolute Gasteiger partial charge is 0.352 e. The number of carbonyl (C=O) groups excluding carboxylic acids is 1. The van der Waals surface area contributed by atoms with Crippen LogP contribution in [0.3, 0.4) is 0 Å². The minimum absolute atomic E-state index is 0.127. The van der Waals surface area contributed by atoms with Crippen molar-refractivity contribution in [3.63, 3.8) is 0 Å². The number of amides is 1. The number of benzene rings is 1. The summed E-state index contributed by atoms with van der Waals surface area (Å²) >= 11 is 0. The summed E-state index contributed by atoms with van der Waals surface area (Å²) in [6.45, 7) is 4.47. The molecule has 2 unspecified atom stereocenters. The zero-order valence-corrected chi connectivity index (χ0v) is 13.8. The van der Waals surface area contributed by atoms with Gasteiger partial charge in [0, 0.05) is 25.2 Å². The van der Waals surface area contributed by atoms with Crippen LogP contribution in [0.2, 0.25) is 0 Å². The maximum absolute atomic E-state index is 12.9. The van der Waals surface area contributed by atoms with Crippen molar-refractivity contribution in [2.45, 2.75) is 50.2 Å². The zero-order valence-electron chi connectivity index (χ0n) is 13.8. The average Bonchev–Trinajstić information content (AvgIpc) is 3.31. The number of fused-ring (bicyclic) bond motifs is 1. The van der Waals surface area contributed by atoms with Gasteiger partial charge in [0.05, 0.1) is 0 Å². The Morgan fingerprint density at radius 3 is 2.61 bits per heavy atom. The van der Waals surface area contributed by atoms with Gasteiger partial charge in [-0.1, -0.05) is 30.3 Å². The molecule has 4 rings (SSSR count). The van der Waals surface area contributed by atoms with Crippen LogP contribution in [0.15, 0.2) is 30.3 Å². The lowest BCUT2D eigenvalue weighted by molar-refractivity contribution is -0.127. The van der Waals surface area contributed by atoms with Crippen molar-refractivity contribution in [3.8, 4) is 0 Å². The van der Waals surface area contributed by atoms with Crippen molar-refractivity contribution < 1.29 is 4.79 Å². The lowest BCUT2D eigenvalue weighted by atomic mass is 10.0. The summed E-state index contributed by atoms with van der Waals surface area (Å²) < 4.78 is 0. The zero-order chi connectivity index (χ0) is 15.6. The summed E-state index contributed by atoms with van der Waals surface area (Å²) in [7, 11) is 0. The molecule has 124 valence electrons. The van der Waals surface area contributed by atoms with Gasteiger partial charge in [-0.05, 0) is 50.8 Å². The van der Waals surface area contributed by atoms with E-state index in [-0.39, 0.29) is 11.9 Å². The topological polar surface area (TPSA) is 35.6 Å². The van der Waals surface area contributed by atoms with Gasteiger partial charge in [0.2, 0.25) is 5.91 Å². The predicted molar refractivity (Wildman–Crippen MR) is 91.1 cm³/mol. The van der Waals surface area contributed by atoms with Crippen LogP contribution < -0.4 is 5.32 Å². The van der Waals surface area contributed by atoms with Gasteiger partial charge in [-0.15, -0.1) is 0 Å². The van der Waals surface area contributed by atoms with E-state index in [4.69, 9.17) is 0 Å². The molecule has 0 radical (unpaired) electrons. The van der Waals surface area contributed by atoms with Crippen LogP contribution >= 0.6 is 0 Å². The smallest absolute Gasteiger partial charge is 0.242 e. The van der Waals surface area contributed by atoms with E-state index in [1.807, 2.05) is 18.2 Å². The van der Waals surface area contributed by atoms with Gasteiger partial charge >= 0.3 is 0 Å². The molecule has 4 nitrogen and oxygen atoms in total. The Hall–Kier alpha value is -1.39. The molecule has 0 aromatic heterocycles. The molecule has 1 amide bonds. The molecule has 1 N–H and O–H groups in total. The molecule has 2 atom stereocenters. The summed E-state index contributed by atoms with van der Waals surface area (Å²) in [6.07, 6.45) is 6.04. The average molecular weight is 313 g/mol. The quantitative estimate of drug-likeness (QED) is 0.925. The van der Waals surface area contributed by atoms with Gasteiger partial charge in [0.1, 0.15) is 6.04 Å². The van der Waals surface area contributed by atoms with E-state index in [2.05, 4.69) is 27.2 Å². The second-order valence-electron chi connectivity index (χ2n) is 7.28. The molecule has 0 bridgehead atoms. The summed E-state index contributed by atoms with van der Waals surface area (Å²) in [5.41, 5.74) is 1.14. The molecule has 1 aromatic carbocycles. The van der Waals surface area contributed by atoms with Crippen molar-refractivity contribution in [1.29, 1.82) is 0 Å². The van der Waals surface area contributed by atoms with Gasteiger partial charge in [-0.3, -0.25) is 14.6 Å². The first-order valence-corrected chi connectivity index (χ1v) is 9.15. The SMILES string of the molecule is O=C(NC1CC1)C(c1ccccc1)N1CCCN2CCCC2C1. The molecule has 4 heteroatoms. The highest BCUT2D eigenvalue weighted by molar-refractivity contribution is 5.83. The van der Waals surface area contributed by atoms with Gasteiger partial charge in [0.15, 0.2) is 0 Å². The minimum Gasteiger partial charge on any atom is -0.352 e. The fraction of sp³-hybridized carbons (Fsp3) is 0.632. The van der Waals surface area contributed by atoms with Gasteiger partial charge in [-0.2, -0.15) is 0 Å². The first kappa shape index (κ1) is 15.2. The first-order valence-electron chi connectivity index (χ1n) is 9.15. The molecular weight excluding hydrogens is 286 g/mol. The highest BCUT2D eigenvalue weighted by Crippen LogP contribution is 2.29. The number of hydrogen-bond acceptors (Lipinski definition) is 3. The maximum atomic E-state index is 12.9. The van der Waals surface area contributed by atoms with Crippen LogP contribution in [-0.2, 0) is 4.79 Å². The Bertz CT molecular complexity index is 543. The summed E-state index contributed by atoms with van der Waals surface area (Å²) in [5.74, 6) is 0.199. The Balaban J connectivity index is 1.57. The predicted octanol–water partition coefficient (Wildman–Crippen LogP) is 2.18. The van der Waals surface area contributed by atoms with Crippen molar-refractivity contribution in [3.05, 3.63) is 35.9 Å². The van der Waals surface area contributed by atoms with E-state index in [0.717, 1.165) is 37.9 Å². The monoisotopic (exact) mass is 313 g/mol. The number of nitrogens with zero attached hydrogens (tertiary/aromatic N) is 2. The molecular formula is C19H27N3O. The van der Waals surface area contributed by atoms with E-state index in [0.29, 0.717) is 12.1 Å². The fourth-order valence-corrected chi connectivity index (χ4v) is 4.14. The highest BCUT2D eigenvalue weighted by Gasteiger charge is 2.36. The molecule has 2 saturated heterocycles. The van der Waals surface area contributed by atoms with Gasteiger partial charge in [0.25, 0.3) is 0 Å². The number of nitrogens with one attached hydrogen (secondary N) is 1. The van der Waals surface area contributed by atoms with Gasteiger partial charge in [-0.25, -0.2) is 0 Å². The van der Waals surface area contributed by atoms with Crippen LogP contribution in [-0.4, -0.2) is 54.0 Å². The number of carbonyl (C=O) groups is 1. The number of rotatable bonds is 4. The van der Waals surface area contributed by atoms with Crippen molar-refractivity contribution in [2.24, 2.45) is 0 Å². The normalized spacial score (nSPS) is 27.2. The molecule has 2 heterocycles. The Morgan fingerprint density at radius 1 is 1.04 bits per heavy atom. The van der Waals surface area contributed by atoms with E-state index in [1.54, 1.807) is 0 Å². The Labute approximate surface area is 138 Å². The molecule has 1 aromatic rings.